The highest BCUT2D eigenvalue weighted by atomic mass is 19.1. The van der Waals surface area contributed by atoms with Crippen molar-refractivity contribution in [1.29, 1.82) is 0 Å². The van der Waals surface area contributed by atoms with Crippen molar-refractivity contribution >= 4 is 0 Å². The fourth-order valence-corrected chi connectivity index (χ4v) is 1.95. The first-order chi connectivity index (χ1) is 7.38. The lowest BCUT2D eigenvalue weighted by molar-refractivity contribution is 0.00773. The van der Waals surface area contributed by atoms with Crippen LogP contribution in [0.1, 0.15) is 38.9 Å². The van der Waals surface area contributed by atoms with Gasteiger partial charge in [0.2, 0.25) is 0 Å². The molecule has 0 spiro atoms. The fraction of sp³-hybridized carbons (Fsp3) is 0.538. The third kappa shape index (κ3) is 2.05. The monoisotopic (exact) mass is 224 g/mol. The van der Waals surface area contributed by atoms with Gasteiger partial charge in [0.05, 0.1) is 6.10 Å². The van der Waals surface area contributed by atoms with Crippen molar-refractivity contribution < 1.29 is 14.2 Å². The minimum Gasteiger partial charge on any atom is -0.489 e. The third-order valence-electron chi connectivity index (χ3n) is 3.01. The van der Waals surface area contributed by atoms with Crippen molar-refractivity contribution in [3.63, 3.8) is 0 Å². The Balaban J connectivity index is 2.35. The average molecular weight is 224 g/mol. The summed E-state index contributed by atoms with van der Waals surface area (Å²) < 4.78 is 18.8. The minimum absolute atomic E-state index is 0.0645. The van der Waals surface area contributed by atoms with Crippen LogP contribution in [0.3, 0.4) is 0 Å². The predicted molar refractivity (Wildman–Crippen MR) is 59.8 cm³/mol. The van der Waals surface area contributed by atoms with Gasteiger partial charge in [0.1, 0.15) is 17.7 Å². The molecular weight excluding hydrogens is 207 g/mol. The number of hydrogen-bond donors (Lipinski definition) is 1. The molecule has 1 aliphatic heterocycles. The summed E-state index contributed by atoms with van der Waals surface area (Å²) in [6.45, 7) is 6.15. The molecule has 2 rings (SSSR count). The zero-order valence-corrected chi connectivity index (χ0v) is 9.83. The van der Waals surface area contributed by atoms with Gasteiger partial charge in [-0.1, -0.05) is 20.8 Å². The van der Waals surface area contributed by atoms with Gasteiger partial charge in [0, 0.05) is 18.1 Å². The van der Waals surface area contributed by atoms with Crippen LogP contribution in [0.2, 0.25) is 0 Å². The number of rotatable bonds is 0. The van der Waals surface area contributed by atoms with Crippen molar-refractivity contribution in [2.24, 2.45) is 5.41 Å². The SMILES string of the molecule is CC(C)(C)C1C[C@@H](O)c2ccc(F)cc2O1. The van der Waals surface area contributed by atoms with Gasteiger partial charge in [-0.3, -0.25) is 0 Å². The summed E-state index contributed by atoms with van der Waals surface area (Å²) >= 11 is 0. The molecule has 0 radical (unpaired) electrons. The third-order valence-corrected chi connectivity index (χ3v) is 3.01. The Bertz CT molecular complexity index is 395. The quantitative estimate of drug-likeness (QED) is 0.734. The minimum atomic E-state index is -0.562. The van der Waals surface area contributed by atoms with Crippen LogP contribution in [0, 0.1) is 11.2 Å². The standard InChI is InChI=1S/C13H17FO2/c1-13(2,3)12-7-10(15)9-5-4-8(14)6-11(9)16-12/h4-6,10,12,15H,7H2,1-3H3/t10-,12?/m1/s1. The van der Waals surface area contributed by atoms with E-state index in [1.165, 1.54) is 12.1 Å². The predicted octanol–water partition coefficient (Wildman–Crippen LogP) is 3.06. The number of hydrogen-bond acceptors (Lipinski definition) is 2. The Morgan fingerprint density at radius 1 is 1.38 bits per heavy atom. The van der Waals surface area contributed by atoms with Gasteiger partial charge < -0.3 is 9.84 Å². The molecule has 0 bridgehead atoms. The number of fused-ring (bicyclic) bond motifs is 1. The molecule has 1 aromatic rings. The maximum Gasteiger partial charge on any atom is 0.128 e. The number of halogens is 1. The average Bonchev–Trinajstić information content (AvgIpc) is 2.15. The summed E-state index contributed by atoms with van der Waals surface area (Å²) in [5, 5.41) is 9.98. The zero-order chi connectivity index (χ0) is 11.9. The van der Waals surface area contributed by atoms with Gasteiger partial charge in [-0.25, -0.2) is 4.39 Å². The van der Waals surface area contributed by atoms with Crippen LogP contribution in [-0.4, -0.2) is 11.2 Å². The molecule has 1 unspecified atom stereocenters. The van der Waals surface area contributed by atoms with Crippen molar-refractivity contribution in [3.05, 3.63) is 29.6 Å². The van der Waals surface area contributed by atoms with E-state index in [1.807, 2.05) is 0 Å². The van der Waals surface area contributed by atoms with Crippen molar-refractivity contribution in [3.8, 4) is 5.75 Å². The number of benzene rings is 1. The van der Waals surface area contributed by atoms with Gasteiger partial charge in [-0.05, 0) is 17.5 Å². The molecule has 2 atom stereocenters. The van der Waals surface area contributed by atoms with Crippen LogP contribution >= 0.6 is 0 Å². The second-order valence-electron chi connectivity index (χ2n) is 5.41. The summed E-state index contributed by atoms with van der Waals surface area (Å²) in [5.41, 5.74) is 0.618. The summed E-state index contributed by atoms with van der Waals surface area (Å²) in [5.74, 6) is 0.138. The molecule has 0 saturated heterocycles. The summed E-state index contributed by atoms with van der Waals surface area (Å²) in [6, 6.07) is 4.29. The molecule has 2 nitrogen and oxygen atoms in total. The Labute approximate surface area is 95.1 Å². The second kappa shape index (κ2) is 3.74. The smallest absolute Gasteiger partial charge is 0.128 e. The molecule has 0 amide bonds. The highest BCUT2D eigenvalue weighted by Gasteiger charge is 2.34. The molecule has 1 aliphatic rings. The molecule has 3 heteroatoms. The van der Waals surface area contributed by atoms with Crippen LogP contribution in [0.5, 0.6) is 5.75 Å². The van der Waals surface area contributed by atoms with E-state index < -0.39 is 6.10 Å². The maximum absolute atomic E-state index is 13.1. The van der Waals surface area contributed by atoms with Crippen molar-refractivity contribution in [2.75, 3.05) is 0 Å². The van der Waals surface area contributed by atoms with Crippen molar-refractivity contribution in [2.45, 2.75) is 39.4 Å². The summed E-state index contributed by atoms with van der Waals surface area (Å²) in [7, 11) is 0. The summed E-state index contributed by atoms with van der Waals surface area (Å²) in [4.78, 5) is 0. The normalized spacial score (nSPS) is 24.8. The van der Waals surface area contributed by atoms with E-state index in [1.54, 1.807) is 6.07 Å². The van der Waals surface area contributed by atoms with Gasteiger partial charge in [-0.15, -0.1) is 0 Å². The van der Waals surface area contributed by atoms with E-state index in [-0.39, 0.29) is 17.3 Å². The Morgan fingerprint density at radius 2 is 2.06 bits per heavy atom. The molecule has 0 saturated carbocycles. The van der Waals surface area contributed by atoms with E-state index in [0.29, 0.717) is 17.7 Å². The number of ether oxygens (including phenoxy) is 1. The first-order valence-corrected chi connectivity index (χ1v) is 5.52. The van der Waals surface area contributed by atoms with Crippen LogP contribution in [0.25, 0.3) is 0 Å². The molecule has 1 aromatic carbocycles. The van der Waals surface area contributed by atoms with E-state index >= 15 is 0 Å². The lowest BCUT2D eigenvalue weighted by Gasteiger charge is -2.37. The molecule has 0 aliphatic carbocycles. The molecule has 1 heterocycles. The molecule has 88 valence electrons. The van der Waals surface area contributed by atoms with Crippen molar-refractivity contribution in [1.82, 2.24) is 0 Å². The molecule has 16 heavy (non-hydrogen) atoms. The van der Waals surface area contributed by atoms with Gasteiger partial charge in [-0.2, -0.15) is 0 Å². The number of aliphatic hydroxyl groups excluding tert-OH is 1. The Hall–Kier alpha value is -1.09. The lowest BCUT2D eigenvalue weighted by Crippen LogP contribution is -2.36. The van der Waals surface area contributed by atoms with E-state index in [9.17, 15) is 9.50 Å². The molecule has 0 fully saturated rings. The Morgan fingerprint density at radius 3 is 2.69 bits per heavy atom. The first-order valence-electron chi connectivity index (χ1n) is 5.52. The largest absolute Gasteiger partial charge is 0.489 e. The highest BCUT2D eigenvalue weighted by molar-refractivity contribution is 5.37. The van der Waals surface area contributed by atoms with E-state index in [0.717, 1.165) is 0 Å². The molecule has 0 aromatic heterocycles. The second-order valence-corrected chi connectivity index (χ2v) is 5.41. The van der Waals surface area contributed by atoms with Crippen LogP contribution < -0.4 is 4.74 Å². The van der Waals surface area contributed by atoms with Gasteiger partial charge >= 0.3 is 0 Å². The lowest BCUT2D eigenvalue weighted by atomic mass is 9.83. The highest BCUT2D eigenvalue weighted by Crippen LogP contribution is 2.40. The first kappa shape index (κ1) is 11.4. The van der Waals surface area contributed by atoms with Gasteiger partial charge in [0.15, 0.2) is 0 Å². The molecular formula is C13H17FO2. The maximum atomic E-state index is 13.1. The van der Waals surface area contributed by atoms with E-state index in [2.05, 4.69) is 20.8 Å². The van der Waals surface area contributed by atoms with Gasteiger partial charge in [0.25, 0.3) is 0 Å². The fourth-order valence-electron chi connectivity index (χ4n) is 1.95. The zero-order valence-electron chi connectivity index (χ0n) is 9.83. The van der Waals surface area contributed by atoms with E-state index in [4.69, 9.17) is 4.74 Å². The topological polar surface area (TPSA) is 29.5 Å². The number of aliphatic hydroxyl groups is 1. The molecule has 1 N–H and O–H groups in total. The van der Waals surface area contributed by atoms with Crippen LogP contribution in [0.4, 0.5) is 4.39 Å². The van der Waals surface area contributed by atoms with Crippen LogP contribution in [0.15, 0.2) is 18.2 Å². The summed E-state index contributed by atoms with van der Waals surface area (Å²) in [6.07, 6.45) is -0.0901. The van der Waals surface area contributed by atoms with Crippen LogP contribution in [-0.2, 0) is 0 Å². The Kier molecular flexibility index (Phi) is 2.66.